The van der Waals surface area contributed by atoms with Gasteiger partial charge < -0.3 is 19.7 Å². The molecular formula is C15H24O4. The molecule has 1 aromatic rings. The lowest BCUT2D eigenvalue weighted by Gasteiger charge is -2.21. The van der Waals surface area contributed by atoms with Gasteiger partial charge in [-0.15, -0.1) is 0 Å². The zero-order valence-corrected chi connectivity index (χ0v) is 11.9. The van der Waals surface area contributed by atoms with E-state index in [2.05, 4.69) is 6.92 Å². The molecule has 0 aromatic heterocycles. The van der Waals surface area contributed by atoms with Gasteiger partial charge in [0.2, 0.25) is 0 Å². The van der Waals surface area contributed by atoms with Gasteiger partial charge in [-0.1, -0.05) is 13.8 Å². The van der Waals surface area contributed by atoms with Gasteiger partial charge in [-0.25, -0.2) is 0 Å². The van der Waals surface area contributed by atoms with Crippen molar-refractivity contribution >= 4 is 0 Å². The van der Waals surface area contributed by atoms with Crippen molar-refractivity contribution in [3.63, 3.8) is 0 Å². The second kappa shape index (κ2) is 8.02. The Balaban J connectivity index is 2.60. The molecule has 1 aromatic carbocycles. The molecule has 3 atom stereocenters. The molecule has 3 unspecified atom stereocenters. The van der Waals surface area contributed by atoms with E-state index < -0.39 is 12.2 Å². The van der Waals surface area contributed by atoms with Crippen LogP contribution in [0.4, 0.5) is 0 Å². The fourth-order valence-electron chi connectivity index (χ4n) is 1.64. The summed E-state index contributed by atoms with van der Waals surface area (Å²) in [5, 5.41) is 18.5. The molecule has 0 fully saturated rings. The molecule has 108 valence electrons. The van der Waals surface area contributed by atoms with Crippen molar-refractivity contribution in [3.05, 3.63) is 24.3 Å². The lowest BCUT2D eigenvalue weighted by Crippen LogP contribution is -2.33. The van der Waals surface area contributed by atoms with Crippen molar-refractivity contribution in [3.8, 4) is 11.5 Å². The number of rotatable bonds is 8. The van der Waals surface area contributed by atoms with E-state index in [0.29, 0.717) is 12.2 Å². The fourth-order valence-corrected chi connectivity index (χ4v) is 1.64. The number of aliphatic hydroxyl groups is 2. The predicted octanol–water partition coefficient (Wildman–Crippen LogP) is 2.37. The molecule has 0 spiro atoms. The monoisotopic (exact) mass is 268 g/mol. The van der Waals surface area contributed by atoms with E-state index in [-0.39, 0.29) is 12.7 Å². The van der Waals surface area contributed by atoms with Crippen LogP contribution >= 0.6 is 0 Å². The largest absolute Gasteiger partial charge is 0.491 e. The molecule has 2 N–H and O–H groups in total. The third kappa shape index (κ3) is 5.09. The standard InChI is InChI=1S/C15H24O4/c1-4-11(3)18-12-6-8-13(9-7-12)19-15(5-2)14(17)10-16/h6-9,11,14-17H,4-5,10H2,1-3H3. The molecule has 4 heteroatoms. The van der Waals surface area contributed by atoms with Crippen LogP contribution in [0.1, 0.15) is 33.6 Å². The summed E-state index contributed by atoms with van der Waals surface area (Å²) in [5.74, 6) is 1.47. The zero-order valence-electron chi connectivity index (χ0n) is 11.9. The minimum Gasteiger partial charge on any atom is -0.491 e. The normalized spacial score (nSPS) is 15.6. The molecule has 0 heterocycles. The smallest absolute Gasteiger partial charge is 0.126 e. The molecular weight excluding hydrogens is 244 g/mol. The van der Waals surface area contributed by atoms with E-state index in [1.807, 2.05) is 38.1 Å². The van der Waals surface area contributed by atoms with Gasteiger partial charge in [-0.3, -0.25) is 0 Å². The number of benzene rings is 1. The summed E-state index contributed by atoms with van der Waals surface area (Å²) in [5.41, 5.74) is 0. The minimum atomic E-state index is -0.860. The summed E-state index contributed by atoms with van der Waals surface area (Å²) in [6.07, 6.45) is 0.518. The Kier molecular flexibility index (Phi) is 6.67. The van der Waals surface area contributed by atoms with E-state index in [9.17, 15) is 5.11 Å². The van der Waals surface area contributed by atoms with Crippen LogP contribution in [0.5, 0.6) is 11.5 Å². The van der Waals surface area contributed by atoms with Gasteiger partial charge in [0, 0.05) is 0 Å². The second-order valence-corrected chi connectivity index (χ2v) is 4.62. The summed E-state index contributed by atoms with van der Waals surface area (Å²) in [6.45, 7) is 5.71. The Morgan fingerprint density at radius 3 is 1.95 bits per heavy atom. The molecule has 0 amide bonds. The average Bonchev–Trinajstić information content (AvgIpc) is 2.45. The van der Waals surface area contributed by atoms with Crippen molar-refractivity contribution in [2.45, 2.75) is 51.9 Å². The van der Waals surface area contributed by atoms with Crippen molar-refractivity contribution in [1.29, 1.82) is 0 Å². The van der Waals surface area contributed by atoms with E-state index in [1.54, 1.807) is 0 Å². The Bertz CT molecular complexity index is 350. The zero-order chi connectivity index (χ0) is 14.3. The lowest BCUT2D eigenvalue weighted by molar-refractivity contribution is -0.00213. The first-order valence-electron chi connectivity index (χ1n) is 6.83. The number of ether oxygens (including phenoxy) is 2. The third-order valence-electron chi connectivity index (χ3n) is 3.04. The minimum absolute atomic E-state index is 0.186. The van der Waals surface area contributed by atoms with Gasteiger partial charge in [-0.2, -0.15) is 0 Å². The van der Waals surface area contributed by atoms with Gasteiger partial charge in [0.15, 0.2) is 0 Å². The Hall–Kier alpha value is -1.26. The van der Waals surface area contributed by atoms with E-state index in [1.165, 1.54) is 0 Å². The molecule has 0 aliphatic carbocycles. The Morgan fingerprint density at radius 2 is 1.53 bits per heavy atom. The lowest BCUT2D eigenvalue weighted by atomic mass is 10.1. The summed E-state index contributed by atoms with van der Waals surface area (Å²) in [7, 11) is 0. The van der Waals surface area contributed by atoms with Crippen LogP contribution in [0, 0.1) is 0 Å². The Labute approximate surface area is 115 Å². The Morgan fingerprint density at radius 1 is 1.00 bits per heavy atom. The van der Waals surface area contributed by atoms with Gasteiger partial charge in [0.25, 0.3) is 0 Å². The highest BCUT2D eigenvalue weighted by molar-refractivity contribution is 5.31. The molecule has 0 saturated heterocycles. The van der Waals surface area contributed by atoms with Crippen LogP contribution in [0.2, 0.25) is 0 Å². The van der Waals surface area contributed by atoms with Crippen molar-refractivity contribution in [2.24, 2.45) is 0 Å². The first-order chi connectivity index (χ1) is 9.10. The van der Waals surface area contributed by atoms with Crippen LogP contribution in [-0.4, -0.2) is 35.1 Å². The molecule has 0 aliphatic rings. The molecule has 0 radical (unpaired) electrons. The quantitative estimate of drug-likeness (QED) is 0.760. The van der Waals surface area contributed by atoms with Crippen LogP contribution < -0.4 is 9.47 Å². The SMILES string of the molecule is CCC(C)Oc1ccc(OC(CC)C(O)CO)cc1. The molecule has 0 saturated carbocycles. The van der Waals surface area contributed by atoms with Gasteiger partial charge in [-0.05, 0) is 44.0 Å². The van der Waals surface area contributed by atoms with Crippen molar-refractivity contribution in [1.82, 2.24) is 0 Å². The maximum absolute atomic E-state index is 9.58. The highest BCUT2D eigenvalue weighted by Gasteiger charge is 2.18. The molecule has 1 rings (SSSR count). The summed E-state index contributed by atoms with van der Waals surface area (Å²) in [6, 6.07) is 7.31. The summed E-state index contributed by atoms with van der Waals surface area (Å²) < 4.78 is 11.3. The van der Waals surface area contributed by atoms with Gasteiger partial charge in [0.05, 0.1) is 12.7 Å². The summed E-state index contributed by atoms with van der Waals surface area (Å²) in [4.78, 5) is 0. The molecule has 4 nitrogen and oxygen atoms in total. The number of aliphatic hydroxyl groups excluding tert-OH is 2. The van der Waals surface area contributed by atoms with Crippen LogP contribution in [0.15, 0.2) is 24.3 Å². The number of hydrogen-bond acceptors (Lipinski definition) is 4. The second-order valence-electron chi connectivity index (χ2n) is 4.62. The van der Waals surface area contributed by atoms with Crippen molar-refractivity contribution in [2.75, 3.05) is 6.61 Å². The maximum atomic E-state index is 9.58. The topological polar surface area (TPSA) is 58.9 Å². The van der Waals surface area contributed by atoms with Crippen LogP contribution in [0.25, 0.3) is 0 Å². The fraction of sp³-hybridized carbons (Fsp3) is 0.600. The first kappa shape index (κ1) is 15.8. The summed E-state index contributed by atoms with van der Waals surface area (Å²) >= 11 is 0. The van der Waals surface area contributed by atoms with Crippen LogP contribution in [0.3, 0.4) is 0 Å². The average molecular weight is 268 g/mol. The van der Waals surface area contributed by atoms with Crippen LogP contribution in [-0.2, 0) is 0 Å². The van der Waals surface area contributed by atoms with Gasteiger partial charge >= 0.3 is 0 Å². The van der Waals surface area contributed by atoms with Crippen molar-refractivity contribution < 1.29 is 19.7 Å². The maximum Gasteiger partial charge on any atom is 0.126 e. The van der Waals surface area contributed by atoms with E-state index in [4.69, 9.17) is 14.6 Å². The highest BCUT2D eigenvalue weighted by Crippen LogP contribution is 2.21. The van der Waals surface area contributed by atoms with E-state index >= 15 is 0 Å². The van der Waals surface area contributed by atoms with Gasteiger partial charge in [0.1, 0.15) is 23.7 Å². The predicted molar refractivity (Wildman–Crippen MR) is 74.6 cm³/mol. The van der Waals surface area contributed by atoms with E-state index in [0.717, 1.165) is 12.2 Å². The first-order valence-corrected chi connectivity index (χ1v) is 6.83. The highest BCUT2D eigenvalue weighted by atomic mass is 16.5. The molecule has 0 bridgehead atoms. The third-order valence-corrected chi connectivity index (χ3v) is 3.04. The molecule has 0 aliphatic heterocycles. The molecule has 19 heavy (non-hydrogen) atoms. The number of hydrogen-bond donors (Lipinski definition) is 2.